The molecule has 28 heavy (non-hydrogen) atoms. The smallest absolute Gasteiger partial charge is 0.320 e. The van der Waals surface area contributed by atoms with Crippen LogP contribution in [-0.4, -0.2) is 17.1 Å². The number of carbonyl (C=O) groups is 1. The van der Waals surface area contributed by atoms with Crippen LogP contribution in [0, 0.1) is 0 Å². The first-order valence-corrected chi connectivity index (χ1v) is 9.55. The number of carboxylic acid groups (broad SMARTS) is 1. The molecule has 0 radical (unpaired) electrons. The second-order valence-electron chi connectivity index (χ2n) is 7.11. The molecule has 0 aliphatic heterocycles. The summed E-state index contributed by atoms with van der Waals surface area (Å²) in [7, 11) is 0. The number of hydrogen-bond acceptors (Lipinski definition) is 2. The van der Waals surface area contributed by atoms with Gasteiger partial charge in [-0.05, 0) is 40.7 Å². The zero-order valence-electron chi connectivity index (χ0n) is 15.6. The van der Waals surface area contributed by atoms with Gasteiger partial charge in [0, 0.05) is 0 Å². The van der Waals surface area contributed by atoms with Crippen molar-refractivity contribution in [2.45, 2.75) is 24.4 Å². The molecule has 0 aromatic heterocycles. The van der Waals surface area contributed by atoms with E-state index in [1.807, 2.05) is 42.5 Å². The SMILES string of the molecule is C=CCCC(NC1(c2ccccc2)c2ccccc2-c2ccccc21)C(=O)O. The van der Waals surface area contributed by atoms with E-state index in [4.69, 9.17) is 0 Å². The first kappa shape index (κ1) is 18.2. The van der Waals surface area contributed by atoms with Gasteiger partial charge in [-0.2, -0.15) is 0 Å². The number of hydrogen-bond donors (Lipinski definition) is 2. The van der Waals surface area contributed by atoms with E-state index in [-0.39, 0.29) is 0 Å². The van der Waals surface area contributed by atoms with Crippen LogP contribution in [0.5, 0.6) is 0 Å². The minimum atomic E-state index is -0.848. The molecular weight excluding hydrogens is 346 g/mol. The molecule has 0 saturated heterocycles. The van der Waals surface area contributed by atoms with Crippen molar-refractivity contribution in [3.8, 4) is 11.1 Å². The summed E-state index contributed by atoms with van der Waals surface area (Å²) in [5.41, 5.74) is 4.79. The lowest BCUT2D eigenvalue weighted by molar-refractivity contribution is -0.140. The van der Waals surface area contributed by atoms with E-state index in [2.05, 4.69) is 48.3 Å². The monoisotopic (exact) mass is 369 g/mol. The van der Waals surface area contributed by atoms with Crippen molar-refractivity contribution >= 4 is 5.97 Å². The number of aliphatic carboxylic acids is 1. The van der Waals surface area contributed by atoms with Crippen molar-refractivity contribution in [3.63, 3.8) is 0 Å². The predicted octanol–water partition coefficient (Wildman–Crippen LogP) is 4.97. The van der Waals surface area contributed by atoms with E-state index < -0.39 is 17.6 Å². The lowest BCUT2D eigenvalue weighted by atomic mass is 9.79. The highest BCUT2D eigenvalue weighted by molar-refractivity contribution is 5.84. The number of benzene rings is 3. The molecule has 3 aromatic rings. The third-order valence-electron chi connectivity index (χ3n) is 5.51. The van der Waals surface area contributed by atoms with Crippen molar-refractivity contribution in [1.82, 2.24) is 5.32 Å². The highest BCUT2D eigenvalue weighted by Gasteiger charge is 2.46. The molecule has 4 rings (SSSR count). The third-order valence-corrected chi connectivity index (χ3v) is 5.51. The summed E-state index contributed by atoms with van der Waals surface area (Å²) in [6, 6.07) is 25.9. The van der Waals surface area contributed by atoms with Crippen LogP contribution in [0.1, 0.15) is 29.5 Å². The van der Waals surface area contributed by atoms with E-state index in [9.17, 15) is 9.90 Å². The summed E-state index contributed by atoms with van der Waals surface area (Å²) in [6.07, 6.45) is 2.89. The van der Waals surface area contributed by atoms with Gasteiger partial charge in [0.2, 0.25) is 0 Å². The zero-order chi connectivity index (χ0) is 19.6. The maximum Gasteiger partial charge on any atom is 0.320 e. The summed E-state index contributed by atoms with van der Waals surface area (Å²) in [5.74, 6) is -0.848. The van der Waals surface area contributed by atoms with Crippen molar-refractivity contribution in [1.29, 1.82) is 0 Å². The number of rotatable bonds is 7. The fraction of sp³-hybridized carbons (Fsp3) is 0.160. The average Bonchev–Trinajstić information content (AvgIpc) is 3.03. The Hall–Kier alpha value is -3.17. The van der Waals surface area contributed by atoms with Crippen molar-refractivity contribution < 1.29 is 9.90 Å². The molecule has 0 amide bonds. The Morgan fingerprint density at radius 2 is 1.46 bits per heavy atom. The Balaban J connectivity index is 1.97. The predicted molar refractivity (Wildman–Crippen MR) is 112 cm³/mol. The summed E-state index contributed by atoms with van der Waals surface area (Å²) >= 11 is 0. The van der Waals surface area contributed by atoms with Gasteiger partial charge in [0.25, 0.3) is 0 Å². The first-order chi connectivity index (χ1) is 13.7. The third kappa shape index (κ3) is 2.85. The molecule has 0 spiro atoms. The molecule has 1 aliphatic rings. The molecule has 0 fully saturated rings. The molecule has 140 valence electrons. The maximum atomic E-state index is 12.1. The second-order valence-corrected chi connectivity index (χ2v) is 7.11. The van der Waals surface area contributed by atoms with Crippen LogP contribution in [0.4, 0.5) is 0 Å². The van der Waals surface area contributed by atoms with Gasteiger partial charge in [-0.15, -0.1) is 6.58 Å². The molecular formula is C25H23NO2. The Morgan fingerprint density at radius 1 is 0.929 bits per heavy atom. The normalized spacial score (nSPS) is 14.7. The van der Waals surface area contributed by atoms with Crippen LogP contribution in [0.2, 0.25) is 0 Å². The minimum Gasteiger partial charge on any atom is -0.480 e. The topological polar surface area (TPSA) is 49.3 Å². The summed E-state index contributed by atoms with van der Waals surface area (Å²) in [6.45, 7) is 3.75. The quantitative estimate of drug-likeness (QED) is 0.578. The molecule has 0 saturated carbocycles. The van der Waals surface area contributed by atoms with E-state index >= 15 is 0 Å². The summed E-state index contributed by atoms with van der Waals surface area (Å²) in [5, 5.41) is 13.5. The Morgan fingerprint density at radius 3 is 2.00 bits per heavy atom. The van der Waals surface area contributed by atoms with E-state index in [1.54, 1.807) is 6.08 Å². The van der Waals surface area contributed by atoms with Crippen molar-refractivity contribution in [2.24, 2.45) is 0 Å². The van der Waals surface area contributed by atoms with Crippen LogP contribution in [0.3, 0.4) is 0 Å². The minimum absolute atomic E-state index is 0.484. The molecule has 0 bridgehead atoms. The van der Waals surface area contributed by atoms with Crippen molar-refractivity contribution in [2.75, 3.05) is 0 Å². The van der Waals surface area contributed by atoms with Crippen LogP contribution in [0.25, 0.3) is 11.1 Å². The number of allylic oxidation sites excluding steroid dienone is 1. The van der Waals surface area contributed by atoms with E-state index in [0.717, 1.165) is 27.8 Å². The lowest BCUT2D eigenvalue weighted by Gasteiger charge is -2.36. The molecule has 0 heterocycles. The van der Waals surface area contributed by atoms with Crippen LogP contribution in [0.15, 0.2) is 91.5 Å². The largest absolute Gasteiger partial charge is 0.480 e. The van der Waals surface area contributed by atoms with Gasteiger partial charge in [-0.25, -0.2) is 0 Å². The second kappa shape index (κ2) is 7.45. The summed E-state index contributed by atoms with van der Waals surface area (Å²) < 4.78 is 0. The lowest BCUT2D eigenvalue weighted by Crippen LogP contribution is -2.51. The Bertz CT molecular complexity index is 964. The fourth-order valence-electron chi connectivity index (χ4n) is 4.28. The first-order valence-electron chi connectivity index (χ1n) is 9.55. The standard InChI is InChI=1S/C25H23NO2/c1-2-3-17-23(24(27)28)26-25(18-11-5-4-6-12-18)21-15-9-7-13-19(21)20-14-8-10-16-22(20)25/h2,4-16,23,26H,1,3,17H2,(H,27,28). The van der Waals surface area contributed by atoms with Gasteiger partial charge in [0.15, 0.2) is 0 Å². The Kier molecular flexibility index (Phi) is 4.84. The molecule has 3 heteroatoms. The van der Waals surface area contributed by atoms with Crippen LogP contribution >= 0.6 is 0 Å². The highest BCUT2D eigenvalue weighted by Crippen LogP contribution is 2.51. The highest BCUT2D eigenvalue weighted by atomic mass is 16.4. The van der Waals surface area contributed by atoms with Crippen LogP contribution in [-0.2, 0) is 10.3 Å². The van der Waals surface area contributed by atoms with E-state index in [1.165, 1.54) is 0 Å². The molecule has 1 aliphatic carbocycles. The molecule has 1 atom stereocenters. The fourth-order valence-corrected chi connectivity index (χ4v) is 4.28. The molecule has 2 N–H and O–H groups in total. The molecule has 3 aromatic carbocycles. The van der Waals surface area contributed by atoms with Gasteiger partial charge in [0.05, 0.1) is 5.54 Å². The maximum absolute atomic E-state index is 12.1. The van der Waals surface area contributed by atoms with Gasteiger partial charge in [-0.3, -0.25) is 10.1 Å². The van der Waals surface area contributed by atoms with Gasteiger partial charge in [0.1, 0.15) is 6.04 Å². The zero-order valence-corrected chi connectivity index (χ0v) is 15.6. The van der Waals surface area contributed by atoms with Gasteiger partial charge >= 0.3 is 5.97 Å². The van der Waals surface area contributed by atoms with Crippen LogP contribution < -0.4 is 5.32 Å². The van der Waals surface area contributed by atoms with Gasteiger partial charge < -0.3 is 5.11 Å². The number of fused-ring (bicyclic) bond motifs is 3. The number of nitrogens with one attached hydrogen (secondary N) is 1. The van der Waals surface area contributed by atoms with Gasteiger partial charge in [-0.1, -0.05) is 84.9 Å². The Labute approximate surface area is 165 Å². The van der Waals surface area contributed by atoms with E-state index in [0.29, 0.717) is 12.8 Å². The number of carboxylic acids is 1. The molecule has 1 unspecified atom stereocenters. The van der Waals surface area contributed by atoms with Crippen molar-refractivity contribution in [3.05, 3.63) is 108 Å². The summed E-state index contributed by atoms with van der Waals surface area (Å²) in [4.78, 5) is 12.1. The average molecular weight is 369 g/mol. The molecule has 3 nitrogen and oxygen atoms in total.